The number of amides is 1. The average molecular weight is 260 g/mol. The van der Waals surface area contributed by atoms with Gasteiger partial charge >= 0.3 is 0 Å². The third-order valence-electron chi connectivity index (χ3n) is 3.56. The lowest BCUT2D eigenvalue weighted by Gasteiger charge is -2.14. The molecule has 0 bridgehead atoms. The molecular formula is C13H16N4O2. The Bertz CT molecular complexity index is 561. The van der Waals surface area contributed by atoms with Crippen LogP contribution in [0.4, 0.5) is 0 Å². The smallest absolute Gasteiger partial charge is 0.276 e. The molecular weight excluding hydrogens is 244 g/mol. The SMILES string of the molecule is CCc1cc(C(=O)N2CCC(c3ccn[nH]3)C2)no1. The molecule has 0 radical (unpaired) electrons. The van der Waals surface area contributed by atoms with Crippen LogP contribution in [-0.4, -0.2) is 39.3 Å². The van der Waals surface area contributed by atoms with Gasteiger partial charge in [-0.05, 0) is 12.5 Å². The van der Waals surface area contributed by atoms with Gasteiger partial charge in [-0.25, -0.2) is 0 Å². The van der Waals surface area contributed by atoms with Crippen LogP contribution in [0.25, 0.3) is 0 Å². The van der Waals surface area contributed by atoms with Gasteiger partial charge in [0.15, 0.2) is 5.69 Å². The first-order chi connectivity index (χ1) is 9.28. The van der Waals surface area contributed by atoms with Gasteiger partial charge < -0.3 is 9.42 Å². The molecule has 3 rings (SSSR count). The Hall–Kier alpha value is -2.11. The molecule has 2 aromatic rings. The summed E-state index contributed by atoms with van der Waals surface area (Å²) in [5.74, 6) is 1.03. The molecule has 19 heavy (non-hydrogen) atoms. The van der Waals surface area contributed by atoms with Crippen LogP contribution in [0, 0.1) is 0 Å². The molecule has 6 heteroatoms. The maximum atomic E-state index is 12.3. The summed E-state index contributed by atoms with van der Waals surface area (Å²) in [6, 6.07) is 3.69. The van der Waals surface area contributed by atoms with E-state index in [1.54, 1.807) is 12.3 Å². The minimum absolute atomic E-state index is 0.0505. The van der Waals surface area contributed by atoms with Gasteiger partial charge in [-0.15, -0.1) is 0 Å². The zero-order valence-electron chi connectivity index (χ0n) is 10.8. The first kappa shape index (κ1) is 12.0. The zero-order valence-corrected chi connectivity index (χ0v) is 10.8. The Morgan fingerprint density at radius 1 is 1.63 bits per heavy atom. The fourth-order valence-electron chi connectivity index (χ4n) is 2.43. The van der Waals surface area contributed by atoms with Crippen LogP contribution in [0.15, 0.2) is 22.9 Å². The second-order valence-corrected chi connectivity index (χ2v) is 4.78. The number of carbonyl (C=O) groups is 1. The summed E-state index contributed by atoms with van der Waals surface area (Å²) in [4.78, 5) is 14.1. The lowest BCUT2D eigenvalue weighted by atomic mass is 10.1. The van der Waals surface area contributed by atoms with Crippen molar-refractivity contribution in [2.75, 3.05) is 13.1 Å². The van der Waals surface area contributed by atoms with Crippen LogP contribution in [0.2, 0.25) is 0 Å². The molecule has 0 aliphatic carbocycles. The van der Waals surface area contributed by atoms with Gasteiger partial charge in [0.1, 0.15) is 5.76 Å². The molecule has 0 spiro atoms. The number of nitrogens with zero attached hydrogens (tertiary/aromatic N) is 3. The highest BCUT2D eigenvalue weighted by Crippen LogP contribution is 2.26. The fourth-order valence-corrected chi connectivity index (χ4v) is 2.43. The zero-order chi connectivity index (χ0) is 13.2. The van der Waals surface area contributed by atoms with E-state index in [9.17, 15) is 4.79 Å². The largest absolute Gasteiger partial charge is 0.361 e. The molecule has 0 aromatic carbocycles. The Balaban J connectivity index is 1.69. The lowest BCUT2D eigenvalue weighted by Crippen LogP contribution is -2.28. The van der Waals surface area contributed by atoms with Crippen molar-refractivity contribution in [3.8, 4) is 0 Å². The number of likely N-dealkylation sites (tertiary alicyclic amines) is 1. The highest BCUT2D eigenvalue weighted by molar-refractivity contribution is 5.92. The van der Waals surface area contributed by atoms with E-state index in [4.69, 9.17) is 4.52 Å². The highest BCUT2D eigenvalue weighted by Gasteiger charge is 2.30. The molecule has 1 amide bonds. The second-order valence-electron chi connectivity index (χ2n) is 4.78. The van der Waals surface area contributed by atoms with E-state index >= 15 is 0 Å². The summed E-state index contributed by atoms with van der Waals surface area (Å²) >= 11 is 0. The lowest BCUT2D eigenvalue weighted by molar-refractivity contribution is 0.0780. The summed E-state index contributed by atoms with van der Waals surface area (Å²) in [6.07, 6.45) is 3.44. The third-order valence-corrected chi connectivity index (χ3v) is 3.56. The normalized spacial score (nSPS) is 19.0. The van der Waals surface area contributed by atoms with Crippen molar-refractivity contribution in [3.63, 3.8) is 0 Å². The van der Waals surface area contributed by atoms with Gasteiger partial charge in [0, 0.05) is 43.4 Å². The number of H-pyrrole nitrogens is 1. The maximum absolute atomic E-state index is 12.3. The Kier molecular flexibility index (Phi) is 3.06. The van der Waals surface area contributed by atoms with Gasteiger partial charge in [-0.3, -0.25) is 9.89 Å². The second kappa shape index (κ2) is 4.87. The highest BCUT2D eigenvalue weighted by atomic mass is 16.5. The summed E-state index contributed by atoms with van der Waals surface area (Å²) in [5.41, 5.74) is 1.49. The minimum Gasteiger partial charge on any atom is -0.361 e. The number of aromatic amines is 1. The van der Waals surface area contributed by atoms with Crippen molar-refractivity contribution in [1.82, 2.24) is 20.3 Å². The Morgan fingerprint density at radius 3 is 3.21 bits per heavy atom. The van der Waals surface area contributed by atoms with Gasteiger partial charge in [-0.1, -0.05) is 12.1 Å². The molecule has 2 aromatic heterocycles. The quantitative estimate of drug-likeness (QED) is 0.909. The van der Waals surface area contributed by atoms with Crippen LogP contribution < -0.4 is 0 Å². The molecule has 1 fully saturated rings. The number of hydrogen-bond donors (Lipinski definition) is 1. The first-order valence-corrected chi connectivity index (χ1v) is 6.52. The third kappa shape index (κ3) is 2.25. The molecule has 1 saturated heterocycles. The molecule has 0 saturated carbocycles. The van der Waals surface area contributed by atoms with Crippen molar-refractivity contribution < 1.29 is 9.32 Å². The van der Waals surface area contributed by atoms with Gasteiger partial charge in [0.2, 0.25) is 0 Å². The number of aryl methyl sites for hydroxylation is 1. The molecule has 1 aliphatic rings. The summed E-state index contributed by atoms with van der Waals surface area (Å²) in [7, 11) is 0. The molecule has 6 nitrogen and oxygen atoms in total. The minimum atomic E-state index is -0.0505. The van der Waals surface area contributed by atoms with Gasteiger partial charge in [-0.2, -0.15) is 5.10 Å². The topological polar surface area (TPSA) is 75.0 Å². The van der Waals surface area contributed by atoms with Crippen LogP contribution in [-0.2, 0) is 6.42 Å². The predicted molar refractivity (Wildman–Crippen MR) is 67.7 cm³/mol. The predicted octanol–water partition coefficient (Wildman–Crippen LogP) is 1.59. The van der Waals surface area contributed by atoms with Crippen LogP contribution in [0.1, 0.15) is 41.2 Å². The summed E-state index contributed by atoms with van der Waals surface area (Å²) in [6.45, 7) is 3.42. The van der Waals surface area contributed by atoms with Crippen LogP contribution in [0.5, 0.6) is 0 Å². The van der Waals surface area contributed by atoms with E-state index in [1.165, 1.54) is 0 Å². The Labute approximate surface area is 110 Å². The number of aromatic nitrogens is 3. The van der Waals surface area contributed by atoms with E-state index in [0.717, 1.165) is 30.8 Å². The number of rotatable bonds is 3. The Morgan fingerprint density at radius 2 is 2.53 bits per heavy atom. The molecule has 3 heterocycles. The van der Waals surface area contributed by atoms with Crippen molar-refractivity contribution >= 4 is 5.91 Å². The average Bonchev–Trinajstić information content (AvgIpc) is 3.16. The first-order valence-electron chi connectivity index (χ1n) is 6.52. The molecule has 1 N–H and O–H groups in total. The van der Waals surface area contributed by atoms with Crippen LogP contribution in [0.3, 0.4) is 0 Å². The number of hydrogen-bond acceptors (Lipinski definition) is 4. The van der Waals surface area contributed by atoms with E-state index < -0.39 is 0 Å². The van der Waals surface area contributed by atoms with E-state index in [2.05, 4.69) is 15.4 Å². The fraction of sp³-hybridized carbons (Fsp3) is 0.462. The monoisotopic (exact) mass is 260 g/mol. The molecule has 1 unspecified atom stereocenters. The van der Waals surface area contributed by atoms with Crippen molar-refractivity contribution in [1.29, 1.82) is 0 Å². The van der Waals surface area contributed by atoms with Gasteiger partial charge in [0.25, 0.3) is 5.91 Å². The maximum Gasteiger partial charge on any atom is 0.276 e. The standard InChI is InChI=1S/C13H16N4O2/c1-2-10-7-12(16-19-10)13(18)17-6-4-9(8-17)11-3-5-14-15-11/h3,5,7,9H,2,4,6,8H2,1H3,(H,14,15). The van der Waals surface area contributed by atoms with Crippen molar-refractivity contribution in [2.45, 2.75) is 25.7 Å². The molecule has 1 aliphatic heterocycles. The summed E-state index contributed by atoms with van der Waals surface area (Å²) < 4.78 is 5.08. The number of carbonyl (C=O) groups excluding carboxylic acids is 1. The molecule has 100 valence electrons. The van der Waals surface area contributed by atoms with E-state index in [1.807, 2.05) is 17.9 Å². The summed E-state index contributed by atoms with van der Waals surface area (Å²) in [5, 5.41) is 10.8. The van der Waals surface area contributed by atoms with Crippen molar-refractivity contribution in [3.05, 3.63) is 35.5 Å². The van der Waals surface area contributed by atoms with Crippen molar-refractivity contribution in [2.24, 2.45) is 0 Å². The van der Waals surface area contributed by atoms with Gasteiger partial charge in [0.05, 0.1) is 0 Å². The van der Waals surface area contributed by atoms with Crippen LogP contribution >= 0.6 is 0 Å². The molecule has 1 atom stereocenters. The van der Waals surface area contributed by atoms with E-state index in [0.29, 0.717) is 18.2 Å². The number of nitrogens with one attached hydrogen (secondary N) is 1. The van der Waals surface area contributed by atoms with E-state index in [-0.39, 0.29) is 5.91 Å².